The molecule has 0 saturated heterocycles. The summed E-state index contributed by atoms with van der Waals surface area (Å²) in [5.74, 6) is 0.0911. The van der Waals surface area contributed by atoms with Crippen LogP contribution in [0.4, 0.5) is 28.4 Å². The van der Waals surface area contributed by atoms with Crippen molar-refractivity contribution in [3.8, 4) is 0 Å². The number of hydrogen-bond acceptors (Lipinski definition) is 4. The zero-order valence-electron chi connectivity index (χ0n) is 36.5. The van der Waals surface area contributed by atoms with Gasteiger partial charge in [0.15, 0.2) is 5.58 Å². The van der Waals surface area contributed by atoms with Gasteiger partial charge in [0.1, 0.15) is 5.58 Å². The lowest BCUT2D eigenvalue weighted by Crippen LogP contribution is -2.39. The summed E-state index contributed by atoms with van der Waals surface area (Å²) in [7, 11) is 0. The number of fused-ring (bicyclic) bond motifs is 15. The van der Waals surface area contributed by atoms with Crippen molar-refractivity contribution in [2.75, 3.05) is 9.80 Å². The van der Waals surface area contributed by atoms with Crippen molar-refractivity contribution in [1.82, 2.24) is 0 Å². The second-order valence-electron chi connectivity index (χ2n) is 17.9. The molecule has 0 N–H and O–H groups in total. The molecule has 4 heteroatoms. The van der Waals surface area contributed by atoms with Crippen LogP contribution in [0.2, 0.25) is 0 Å². The Balaban J connectivity index is 1.08. The highest BCUT2D eigenvalue weighted by molar-refractivity contribution is 7.99. The molecule has 2 unspecified atom stereocenters. The van der Waals surface area contributed by atoms with Crippen molar-refractivity contribution in [3.63, 3.8) is 0 Å². The predicted octanol–water partition coefficient (Wildman–Crippen LogP) is 17.2. The van der Waals surface area contributed by atoms with E-state index in [0.717, 1.165) is 71.9 Å². The molecule has 1 aliphatic heterocycles. The Morgan fingerprint density at radius 2 is 0.970 bits per heavy atom. The number of furan rings is 1. The van der Waals surface area contributed by atoms with E-state index in [-0.39, 0.29) is 11.8 Å². The predicted molar refractivity (Wildman–Crippen MR) is 279 cm³/mol. The fraction of sp³-hybridized carbons (Fsp3) is 0.0476. The first-order valence-corrected chi connectivity index (χ1v) is 24.0. The van der Waals surface area contributed by atoms with Crippen LogP contribution in [0, 0.1) is 5.92 Å². The van der Waals surface area contributed by atoms with Gasteiger partial charge in [-0.25, -0.2) is 0 Å². The van der Waals surface area contributed by atoms with Crippen LogP contribution in [0.1, 0.15) is 28.2 Å². The van der Waals surface area contributed by atoms with E-state index >= 15 is 0 Å². The van der Waals surface area contributed by atoms with Crippen LogP contribution >= 0.6 is 11.8 Å². The molecule has 316 valence electrons. The second-order valence-corrected chi connectivity index (χ2v) is 19.0. The monoisotopic (exact) mass is 874 g/mol. The molecule has 14 rings (SSSR count). The summed E-state index contributed by atoms with van der Waals surface area (Å²) in [6, 6.07) is 82.2. The Morgan fingerprint density at radius 3 is 1.63 bits per heavy atom. The normalized spacial score (nSPS) is 16.4. The van der Waals surface area contributed by atoms with Crippen LogP contribution in [0.25, 0.3) is 43.5 Å². The topological polar surface area (TPSA) is 19.6 Å². The number of anilines is 5. The van der Waals surface area contributed by atoms with Gasteiger partial charge in [0.25, 0.3) is 0 Å². The molecule has 2 heterocycles. The minimum atomic E-state index is -0.405. The molecule has 11 aromatic rings. The fourth-order valence-corrected chi connectivity index (χ4v) is 13.2. The standard InChI is InChI=1S/C63H42N2OS/c1-4-23-43(24-5-1)64(44-25-6-2-7-26-44)55-40-42-22-11-13-30-47(42)61-59(55)49-39-41-21-10-12-29-46(41)60(62(49)66-61)65(45-27-8-3-9-28-45)54-36-20-35-53-58(54)48-31-14-15-32-50(48)63(53)51-33-16-18-37-56(51)67-57-38-19-17-34-52(57)63/h1-40,53,58H. The lowest BCUT2D eigenvalue weighted by Gasteiger charge is -2.45. The summed E-state index contributed by atoms with van der Waals surface area (Å²) in [6.07, 6.45) is 7.21. The Kier molecular flexibility index (Phi) is 8.56. The summed E-state index contributed by atoms with van der Waals surface area (Å²) in [5, 5.41) is 6.63. The molecule has 67 heavy (non-hydrogen) atoms. The third-order valence-corrected chi connectivity index (χ3v) is 15.7. The molecule has 0 radical (unpaired) electrons. The molecule has 0 fully saturated rings. The molecular weight excluding hydrogens is 833 g/mol. The number of rotatable bonds is 6. The number of hydrogen-bond donors (Lipinski definition) is 0. The maximum atomic E-state index is 7.63. The highest BCUT2D eigenvalue weighted by Gasteiger charge is 2.58. The zero-order chi connectivity index (χ0) is 44.1. The molecule has 3 aliphatic rings. The molecule has 0 amide bonds. The molecule has 2 atom stereocenters. The molecule has 0 bridgehead atoms. The third-order valence-electron chi connectivity index (χ3n) is 14.5. The van der Waals surface area contributed by atoms with E-state index in [2.05, 4.69) is 252 Å². The van der Waals surface area contributed by atoms with Gasteiger partial charge in [-0.3, -0.25) is 0 Å². The van der Waals surface area contributed by atoms with Crippen molar-refractivity contribution < 1.29 is 4.42 Å². The number of para-hydroxylation sites is 3. The van der Waals surface area contributed by atoms with Crippen LogP contribution in [0.15, 0.2) is 263 Å². The SMILES string of the molecule is C1=CC2C(C(N(c3ccccc3)c3c4ccccc4cc4c3oc3c5ccccc5cc(N(c5ccccc5)c5ccccc5)c43)=C1)c1ccccc1C21c2ccccc2Sc2ccccc21. The van der Waals surface area contributed by atoms with Gasteiger partial charge in [-0.15, -0.1) is 0 Å². The maximum absolute atomic E-state index is 7.63. The van der Waals surface area contributed by atoms with Gasteiger partial charge >= 0.3 is 0 Å². The van der Waals surface area contributed by atoms with E-state index in [1.165, 1.54) is 37.7 Å². The highest BCUT2D eigenvalue weighted by Crippen LogP contribution is 2.66. The Morgan fingerprint density at radius 1 is 0.448 bits per heavy atom. The largest absolute Gasteiger partial charge is 0.453 e. The zero-order valence-corrected chi connectivity index (χ0v) is 37.3. The Hall–Kier alpha value is -8.05. The van der Waals surface area contributed by atoms with Crippen molar-refractivity contribution in [3.05, 3.63) is 271 Å². The minimum Gasteiger partial charge on any atom is -0.453 e. The molecule has 1 spiro atoms. The van der Waals surface area contributed by atoms with Crippen LogP contribution in [0.3, 0.4) is 0 Å². The summed E-state index contributed by atoms with van der Waals surface area (Å²) in [4.78, 5) is 7.58. The van der Waals surface area contributed by atoms with E-state index in [4.69, 9.17) is 4.42 Å². The summed E-state index contributed by atoms with van der Waals surface area (Å²) < 4.78 is 7.63. The van der Waals surface area contributed by atoms with Crippen LogP contribution in [-0.2, 0) is 5.41 Å². The molecule has 3 nitrogen and oxygen atoms in total. The Bertz CT molecular complexity index is 3730. The average Bonchev–Trinajstić information content (AvgIpc) is 3.92. The first-order valence-electron chi connectivity index (χ1n) is 23.2. The number of benzene rings is 10. The van der Waals surface area contributed by atoms with Crippen molar-refractivity contribution in [1.29, 1.82) is 0 Å². The maximum Gasteiger partial charge on any atom is 0.160 e. The van der Waals surface area contributed by atoms with E-state index in [1.54, 1.807) is 0 Å². The van der Waals surface area contributed by atoms with Gasteiger partial charge < -0.3 is 14.2 Å². The fourth-order valence-electron chi connectivity index (χ4n) is 11.9. The van der Waals surface area contributed by atoms with Crippen molar-refractivity contribution in [2.24, 2.45) is 5.92 Å². The van der Waals surface area contributed by atoms with Crippen molar-refractivity contribution >= 4 is 83.7 Å². The third kappa shape index (κ3) is 5.54. The minimum absolute atomic E-state index is 0.00654. The smallest absolute Gasteiger partial charge is 0.160 e. The highest BCUT2D eigenvalue weighted by atomic mass is 32.2. The average molecular weight is 875 g/mol. The van der Waals surface area contributed by atoms with Gasteiger partial charge in [0.05, 0.1) is 22.2 Å². The summed E-state index contributed by atoms with van der Waals surface area (Å²) in [6.45, 7) is 0. The molecule has 1 aromatic heterocycles. The lowest BCUT2D eigenvalue weighted by atomic mass is 9.62. The van der Waals surface area contributed by atoms with Crippen molar-refractivity contribution in [2.45, 2.75) is 21.1 Å². The van der Waals surface area contributed by atoms with E-state index in [0.29, 0.717) is 0 Å². The molecule has 2 aliphatic carbocycles. The number of nitrogens with zero attached hydrogens (tertiary/aromatic N) is 2. The first kappa shape index (κ1) is 38.2. The first-order chi connectivity index (χ1) is 33.3. The van der Waals surface area contributed by atoms with E-state index < -0.39 is 5.41 Å². The van der Waals surface area contributed by atoms with Gasteiger partial charge in [-0.05, 0) is 99.8 Å². The van der Waals surface area contributed by atoms with Gasteiger partial charge in [0, 0.05) is 60.5 Å². The van der Waals surface area contributed by atoms with Gasteiger partial charge in [-0.2, -0.15) is 0 Å². The molecular formula is C63H42N2OS. The summed E-state index contributed by atoms with van der Waals surface area (Å²) >= 11 is 1.90. The van der Waals surface area contributed by atoms with E-state index in [1.807, 2.05) is 11.8 Å². The number of allylic oxidation sites excluding steroid dienone is 4. The van der Waals surface area contributed by atoms with Crippen LogP contribution in [0.5, 0.6) is 0 Å². The second kappa shape index (κ2) is 15.0. The lowest BCUT2D eigenvalue weighted by molar-refractivity contribution is 0.430. The molecule has 0 saturated carbocycles. The van der Waals surface area contributed by atoms with Gasteiger partial charge in [0.2, 0.25) is 0 Å². The summed E-state index contributed by atoms with van der Waals surface area (Å²) in [5.41, 5.74) is 13.4. The molecule has 10 aromatic carbocycles. The van der Waals surface area contributed by atoms with Gasteiger partial charge in [-0.1, -0.05) is 188 Å². The van der Waals surface area contributed by atoms with Crippen LogP contribution in [-0.4, -0.2) is 0 Å². The van der Waals surface area contributed by atoms with E-state index in [9.17, 15) is 0 Å². The van der Waals surface area contributed by atoms with Crippen LogP contribution < -0.4 is 9.80 Å². The quantitative estimate of drug-likeness (QED) is 0.166. The Labute approximate surface area is 393 Å².